The van der Waals surface area contributed by atoms with Gasteiger partial charge in [0.25, 0.3) is 0 Å². The third-order valence-electron chi connectivity index (χ3n) is 3.53. The van der Waals surface area contributed by atoms with Crippen LogP contribution in [-0.4, -0.2) is 9.97 Å². The zero-order chi connectivity index (χ0) is 13.2. The minimum absolute atomic E-state index is 0.598. The maximum atomic E-state index is 5.27. The predicted molar refractivity (Wildman–Crippen MR) is 80.8 cm³/mol. The molecule has 0 spiro atoms. The van der Waals surface area contributed by atoms with E-state index in [4.69, 9.17) is 12.2 Å². The molecule has 0 atom stereocenters. The first-order valence-electron chi connectivity index (χ1n) is 6.97. The van der Waals surface area contributed by atoms with E-state index in [1.165, 1.54) is 30.4 Å². The predicted octanol–water partition coefficient (Wildman–Crippen LogP) is 4.64. The second kappa shape index (κ2) is 5.25. The molecule has 2 nitrogen and oxygen atoms in total. The standard InChI is InChI=1S/C16H18N2S/c1-2-3-11-4-6-12(7-5-11)14-10-15(19)18-16(17-14)13-8-9-13/h4-7,10,13H,2-3,8-9H2,1H3,(H,17,18,19). The zero-order valence-electron chi connectivity index (χ0n) is 11.1. The molecule has 3 heteroatoms. The van der Waals surface area contributed by atoms with E-state index in [1.54, 1.807) is 0 Å². The maximum absolute atomic E-state index is 5.27. The molecule has 1 saturated carbocycles. The molecule has 1 heterocycles. The molecule has 0 radical (unpaired) electrons. The molecule has 1 aromatic carbocycles. The van der Waals surface area contributed by atoms with E-state index >= 15 is 0 Å². The van der Waals surface area contributed by atoms with Crippen molar-refractivity contribution in [2.24, 2.45) is 0 Å². The Bertz CT molecular complexity index is 624. The molecule has 1 aromatic heterocycles. The summed E-state index contributed by atoms with van der Waals surface area (Å²) in [7, 11) is 0. The molecule has 0 amide bonds. The van der Waals surface area contributed by atoms with Crippen molar-refractivity contribution >= 4 is 12.2 Å². The van der Waals surface area contributed by atoms with Gasteiger partial charge < -0.3 is 4.98 Å². The average molecular weight is 270 g/mol. The summed E-state index contributed by atoms with van der Waals surface area (Å²) in [6, 6.07) is 10.7. The Morgan fingerprint density at radius 2 is 2.00 bits per heavy atom. The topological polar surface area (TPSA) is 28.7 Å². The largest absolute Gasteiger partial charge is 0.343 e. The van der Waals surface area contributed by atoms with Gasteiger partial charge in [-0.2, -0.15) is 0 Å². The first-order valence-corrected chi connectivity index (χ1v) is 7.37. The van der Waals surface area contributed by atoms with Crippen LogP contribution in [0.15, 0.2) is 30.3 Å². The van der Waals surface area contributed by atoms with Gasteiger partial charge in [0.15, 0.2) is 0 Å². The molecule has 3 rings (SSSR count). The molecular weight excluding hydrogens is 252 g/mol. The number of aromatic amines is 1. The van der Waals surface area contributed by atoms with Crippen LogP contribution in [-0.2, 0) is 6.42 Å². The van der Waals surface area contributed by atoms with Crippen LogP contribution in [0.4, 0.5) is 0 Å². The smallest absolute Gasteiger partial charge is 0.130 e. The fraction of sp³-hybridized carbons (Fsp3) is 0.375. The Morgan fingerprint density at radius 3 is 2.63 bits per heavy atom. The highest BCUT2D eigenvalue weighted by Crippen LogP contribution is 2.38. The normalized spacial score (nSPS) is 14.6. The van der Waals surface area contributed by atoms with E-state index in [0.717, 1.165) is 17.9 Å². The van der Waals surface area contributed by atoms with Crippen LogP contribution in [0.1, 0.15) is 43.5 Å². The van der Waals surface area contributed by atoms with Crippen molar-refractivity contribution < 1.29 is 0 Å². The molecule has 0 saturated heterocycles. The first kappa shape index (κ1) is 12.5. The lowest BCUT2D eigenvalue weighted by atomic mass is 10.1. The minimum atomic E-state index is 0.598. The van der Waals surface area contributed by atoms with E-state index in [2.05, 4.69) is 41.2 Å². The fourth-order valence-corrected chi connectivity index (χ4v) is 2.54. The molecule has 0 aliphatic heterocycles. The van der Waals surface area contributed by atoms with E-state index in [-0.39, 0.29) is 0 Å². The van der Waals surface area contributed by atoms with Gasteiger partial charge in [-0.1, -0.05) is 49.8 Å². The Kier molecular flexibility index (Phi) is 3.47. The van der Waals surface area contributed by atoms with Crippen LogP contribution >= 0.6 is 12.2 Å². The molecule has 0 unspecified atom stereocenters. The van der Waals surface area contributed by atoms with Gasteiger partial charge in [0.1, 0.15) is 10.5 Å². The van der Waals surface area contributed by atoms with Crippen LogP contribution in [0, 0.1) is 4.64 Å². The Morgan fingerprint density at radius 1 is 1.26 bits per heavy atom. The summed E-state index contributed by atoms with van der Waals surface area (Å²) in [5.41, 5.74) is 3.67. The van der Waals surface area contributed by atoms with Gasteiger partial charge in [-0.3, -0.25) is 0 Å². The molecule has 1 fully saturated rings. The number of rotatable bonds is 4. The van der Waals surface area contributed by atoms with Gasteiger partial charge >= 0.3 is 0 Å². The number of aryl methyl sites for hydroxylation is 1. The number of nitrogens with zero attached hydrogens (tertiary/aromatic N) is 1. The lowest BCUT2D eigenvalue weighted by Gasteiger charge is -2.06. The summed E-state index contributed by atoms with van der Waals surface area (Å²) in [6.07, 6.45) is 4.79. The molecule has 1 aliphatic carbocycles. The van der Waals surface area contributed by atoms with Gasteiger partial charge in [-0.05, 0) is 36.5 Å². The van der Waals surface area contributed by atoms with Crippen LogP contribution in [0.3, 0.4) is 0 Å². The summed E-state index contributed by atoms with van der Waals surface area (Å²) in [5, 5.41) is 0. The monoisotopic (exact) mass is 270 g/mol. The van der Waals surface area contributed by atoms with Crippen molar-refractivity contribution in [1.82, 2.24) is 9.97 Å². The number of aromatic nitrogens is 2. The van der Waals surface area contributed by atoms with E-state index in [0.29, 0.717) is 10.6 Å². The fourth-order valence-electron chi connectivity index (χ4n) is 2.32. The second-order valence-corrected chi connectivity index (χ2v) is 5.66. The van der Waals surface area contributed by atoms with E-state index in [9.17, 15) is 0 Å². The summed E-state index contributed by atoms with van der Waals surface area (Å²) < 4.78 is 0.688. The lowest BCUT2D eigenvalue weighted by Crippen LogP contribution is -1.95. The molecule has 98 valence electrons. The van der Waals surface area contributed by atoms with Crippen molar-refractivity contribution in [3.8, 4) is 11.3 Å². The highest BCUT2D eigenvalue weighted by molar-refractivity contribution is 7.71. The van der Waals surface area contributed by atoms with Gasteiger partial charge in [-0.25, -0.2) is 4.98 Å². The van der Waals surface area contributed by atoms with Gasteiger partial charge in [0.2, 0.25) is 0 Å². The van der Waals surface area contributed by atoms with Crippen molar-refractivity contribution in [3.63, 3.8) is 0 Å². The van der Waals surface area contributed by atoms with Crippen LogP contribution in [0.2, 0.25) is 0 Å². The highest BCUT2D eigenvalue weighted by atomic mass is 32.1. The number of benzene rings is 1. The Labute approximate surface area is 118 Å². The van der Waals surface area contributed by atoms with Crippen molar-refractivity contribution in [2.45, 2.75) is 38.5 Å². The molecule has 1 N–H and O–H groups in total. The van der Waals surface area contributed by atoms with Gasteiger partial charge in [0.05, 0.1) is 0 Å². The number of nitrogens with one attached hydrogen (secondary N) is 1. The minimum Gasteiger partial charge on any atom is -0.343 e. The third kappa shape index (κ3) is 2.92. The van der Waals surface area contributed by atoms with Gasteiger partial charge in [0, 0.05) is 11.6 Å². The van der Waals surface area contributed by atoms with Crippen LogP contribution in [0.5, 0.6) is 0 Å². The SMILES string of the molecule is CCCc1ccc(-c2cc(=S)nc(C3CC3)[nH]2)cc1. The first-order chi connectivity index (χ1) is 9.26. The summed E-state index contributed by atoms with van der Waals surface area (Å²) >= 11 is 5.27. The Hall–Kier alpha value is -1.48. The molecule has 1 aliphatic rings. The van der Waals surface area contributed by atoms with Crippen molar-refractivity contribution in [1.29, 1.82) is 0 Å². The number of H-pyrrole nitrogens is 1. The van der Waals surface area contributed by atoms with Crippen molar-refractivity contribution in [3.05, 3.63) is 46.4 Å². The lowest BCUT2D eigenvalue weighted by molar-refractivity contribution is 0.919. The molecule has 2 aromatic rings. The van der Waals surface area contributed by atoms with Crippen molar-refractivity contribution in [2.75, 3.05) is 0 Å². The second-order valence-electron chi connectivity index (χ2n) is 5.24. The molecular formula is C16H18N2S. The maximum Gasteiger partial charge on any atom is 0.130 e. The van der Waals surface area contributed by atoms with Gasteiger partial charge in [-0.15, -0.1) is 0 Å². The summed E-state index contributed by atoms with van der Waals surface area (Å²) in [6.45, 7) is 2.20. The zero-order valence-corrected chi connectivity index (χ0v) is 12.0. The van der Waals surface area contributed by atoms with Crippen LogP contribution in [0.25, 0.3) is 11.3 Å². The van der Waals surface area contributed by atoms with Crippen LogP contribution < -0.4 is 0 Å². The quantitative estimate of drug-likeness (QED) is 0.820. The average Bonchev–Trinajstić information content (AvgIpc) is 3.23. The summed E-state index contributed by atoms with van der Waals surface area (Å²) in [4.78, 5) is 7.86. The molecule has 19 heavy (non-hydrogen) atoms. The summed E-state index contributed by atoms with van der Waals surface area (Å²) in [5.74, 6) is 1.65. The molecule has 0 bridgehead atoms. The van der Waals surface area contributed by atoms with E-state index < -0.39 is 0 Å². The number of hydrogen-bond donors (Lipinski definition) is 1. The highest BCUT2D eigenvalue weighted by Gasteiger charge is 2.26. The Balaban J connectivity index is 1.94. The number of hydrogen-bond acceptors (Lipinski definition) is 2. The third-order valence-corrected chi connectivity index (χ3v) is 3.74. The van der Waals surface area contributed by atoms with E-state index in [1.807, 2.05) is 6.07 Å².